The molecule has 138 valence electrons. The molecule has 0 saturated heterocycles. The highest BCUT2D eigenvalue weighted by molar-refractivity contribution is 7.99. The predicted octanol–water partition coefficient (Wildman–Crippen LogP) is 3.85. The first-order valence-electron chi connectivity index (χ1n) is 8.59. The van der Waals surface area contributed by atoms with Crippen LogP contribution in [-0.4, -0.2) is 28.2 Å². The van der Waals surface area contributed by atoms with Crippen molar-refractivity contribution in [1.82, 2.24) is 9.55 Å². The van der Waals surface area contributed by atoms with E-state index >= 15 is 0 Å². The molecule has 0 atom stereocenters. The molecule has 0 spiro atoms. The number of ether oxygens (including phenoxy) is 1. The standard InChI is InChI=1S/C20H17FN2O3S/c1-26-18-9-6-12(21)10-15(18)17(24)11-27-20-22-16-5-3-2-4-14(16)19(25)23(20)13-7-8-13/h2-6,9-10,13H,7-8,11H2,1H3. The predicted molar refractivity (Wildman–Crippen MR) is 102 cm³/mol. The first kappa shape index (κ1) is 17.7. The number of aromatic nitrogens is 2. The number of carbonyl (C=O) groups is 1. The molecule has 2 aromatic carbocycles. The van der Waals surface area contributed by atoms with Crippen LogP contribution >= 0.6 is 11.8 Å². The number of thioether (sulfide) groups is 1. The zero-order chi connectivity index (χ0) is 19.0. The molecule has 0 N–H and O–H groups in total. The van der Waals surface area contributed by atoms with Crippen LogP contribution in [0.5, 0.6) is 5.75 Å². The van der Waals surface area contributed by atoms with Gasteiger partial charge in [0.1, 0.15) is 11.6 Å². The fourth-order valence-corrected chi connectivity index (χ4v) is 3.94. The summed E-state index contributed by atoms with van der Waals surface area (Å²) < 4.78 is 20.4. The molecule has 7 heteroatoms. The maximum Gasteiger partial charge on any atom is 0.262 e. The van der Waals surface area contributed by atoms with E-state index in [2.05, 4.69) is 4.98 Å². The van der Waals surface area contributed by atoms with Crippen LogP contribution in [-0.2, 0) is 0 Å². The topological polar surface area (TPSA) is 61.2 Å². The Bertz CT molecular complexity index is 1090. The largest absolute Gasteiger partial charge is 0.496 e. The molecule has 1 aliphatic carbocycles. The molecular formula is C20H17FN2O3S. The Labute approximate surface area is 159 Å². The van der Waals surface area contributed by atoms with Crippen LogP contribution in [0.1, 0.15) is 29.2 Å². The van der Waals surface area contributed by atoms with Crippen LogP contribution in [0.2, 0.25) is 0 Å². The minimum atomic E-state index is -0.497. The number of nitrogens with zero attached hydrogens (tertiary/aromatic N) is 2. The van der Waals surface area contributed by atoms with E-state index in [0.29, 0.717) is 21.8 Å². The summed E-state index contributed by atoms with van der Waals surface area (Å²) >= 11 is 1.20. The Morgan fingerprint density at radius 3 is 2.81 bits per heavy atom. The number of methoxy groups -OCH3 is 1. The smallest absolute Gasteiger partial charge is 0.262 e. The van der Waals surface area contributed by atoms with Gasteiger partial charge in [0.25, 0.3) is 5.56 Å². The molecule has 0 radical (unpaired) electrons. The van der Waals surface area contributed by atoms with E-state index in [0.717, 1.165) is 12.8 Å². The Hall–Kier alpha value is -2.67. The van der Waals surface area contributed by atoms with Crippen molar-refractivity contribution in [3.63, 3.8) is 0 Å². The minimum absolute atomic E-state index is 0.0390. The van der Waals surface area contributed by atoms with Gasteiger partial charge in [0.15, 0.2) is 10.9 Å². The van der Waals surface area contributed by atoms with Crippen LogP contribution < -0.4 is 10.3 Å². The second kappa shape index (κ2) is 7.15. The molecule has 0 aliphatic heterocycles. The van der Waals surface area contributed by atoms with E-state index in [1.807, 2.05) is 12.1 Å². The molecule has 1 heterocycles. The summed E-state index contributed by atoms with van der Waals surface area (Å²) in [6.07, 6.45) is 1.86. The highest BCUT2D eigenvalue weighted by Gasteiger charge is 2.29. The van der Waals surface area contributed by atoms with E-state index in [4.69, 9.17) is 4.74 Å². The molecule has 1 aliphatic rings. The van der Waals surface area contributed by atoms with Gasteiger partial charge in [-0.15, -0.1) is 0 Å². The first-order chi connectivity index (χ1) is 13.1. The van der Waals surface area contributed by atoms with E-state index < -0.39 is 5.82 Å². The number of para-hydroxylation sites is 1. The lowest BCUT2D eigenvalue weighted by Gasteiger charge is -2.12. The Balaban J connectivity index is 1.66. The molecule has 0 unspecified atom stereocenters. The van der Waals surface area contributed by atoms with Gasteiger partial charge in [-0.05, 0) is 43.2 Å². The van der Waals surface area contributed by atoms with E-state index in [-0.39, 0.29) is 28.7 Å². The zero-order valence-electron chi connectivity index (χ0n) is 14.6. The van der Waals surface area contributed by atoms with Crippen LogP contribution in [0.25, 0.3) is 10.9 Å². The van der Waals surface area contributed by atoms with Crippen molar-refractivity contribution < 1.29 is 13.9 Å². The number of hydrogen-bond donors (Lipinski definition) is 0. The second-order valence-corrected chi connectivity index (χ2v) is 7.32. The summed E-state index contributed by atoms with van der Waals surface area (Å²) in [5.74, 6) is -0.408. The molecule has 4 rings (SSSR count). The summed E-state index contributed by atoms with van der Waals surface area (Å²) in [5, 5.41) is 1.09. The second-order valence-electron chi connectivity index (χ2n) is 6.37. The summed E-state index contributed by atoms with van der Waals surface area (Å²) in [7, 11) is 1.44. The summed E-state index contributed by atoms with van der Waals surface area (Å²) in [5.41, 5.74) is 0.713. The van der Waals surface area contributed by atoms with Gasteiger partial charge in [0, 0.05) is 6.04 Å². The van der Waals surface area contributed by atoms with Crippen molar-refractivity contribution in [2.24, 2.45) is 0 Å². The fourth-order valence-electron chi connectivity index (χ4n) is 2.99. The van der Waals surface area contributed by atoms with Gasteiger partial charge in [-0.1, -0.05) is 23.9 Å². The van der Waals surface area contributed by atoms with Crippen molar-refractivity contribution in [3.8, 4) is 5.75 Å². The number of hydrogen-bond acceptors (Lipinski definition) is 5. The van der Waals surface area contributed by atoms with Gasteiger partial charge in [-0.2, -0.15) is 0 Å². The molecule has 1 fully saturated rings. The van der Waals surface area contributed by atoms with Crippen molar-refractivity contribution in [3.05, 3.63) is 64.2 Å². The molecular weight excluding hydrogens is 367 g/mol. The van der Waals surface area contributed by atoms with Crippen molar-refractivity contribution in [1.29, 1.82) is 0 Å². The monoisotopic (exact) mass is 384 g/mol. The Morgan fingerprint density at radius 2 is 2.07 bits per heavy atom. The van der Waals surface area contributed by atoms with Crippen LogP contribution in [0.15, 0.2) is 52.4 Å². The van der Waals surface area contributed by atoms with Gasteiger partial charge in [-0.25, -0.2) is 9.37 Å². The van der Waals surface area contributed by atoms with Gasteiger partial charge < -0.3 is 4.74 Å². The molecule has 0 bridgehead atoms. The normalized spacial score (nSPS) is 13.7. The average Bonchev–Trinajstić information content (AvgIpc) is 3.51. The van der Waals surface area contributed by atoms with Gasteiger partial charge in [0.2, 0.25) is 0 Å². The third kappa shape index (κ3) is 3.47. The van der Waals surface area contributed by atoms with Gasteiger partial charge >= 0.3 is 0 Å². The Kier molecular flexibility index (Phi) is 4.70. The highest BCUT2D eigenvalue weighted by Crippen LogP contribution is 2.37. The van der Waals surface area contributed by atoms with Crippen LogP contribution in [0, 0.1) is 5.82 Å². The highest BCUT2D eigenvalue weighted by atomic mass is 32.2. The van der Waals surface area contributed by atoms with E-state index in [9.17, 15) is 14.0 Å². The fraction of sp³-hybridized carbons (Fsp3) is 0.250. The number of rotatable bonds is 6. The lowest BCUT2D eigenvalue weighted by Crippen LogP contribution is -2.22. The van der Waals surface area contributed by atoms with Gasteiger partial charge in [0.05, 0.1) is 29.3 Å². The third-order valence-corrected chi connectivity index (χ3v) is 5.43. The molecule has 3 aromatic rings. The van der Waals surface area contributed by atoms with Gasteiger partial charge in [-0.3, -0.25) is 14.2 Å². The third-order valence-electron chi connectivity index (χ3n) is 4.48. The van der Waals surface area contributed by atoms with Crippen LogP contribution in [0.3, 0.4) is 0 Å². The number of Topliss-reactive ketones (excluding diaryl/α,β-unsaturated/α-hetero) is 1. The lowest BCUT2D eigenvalue weighted by atomic mass is 10.1. The number of carbonyl (C=O) groups excluding carboxylic acids is 1. The van der Waals surface area contributed by atoms with E-state index in [1.54, 1.807) is 16.7 Å². The minimum Gasteiger partial charge on any atom is -0.496 e. The summed E-state index contributed by atoms with van der Waals surface area (Å²) in [4.78, 5) is 30.0. The van der Waals surface area contributed by atoms with Crippen molar-refractivity contribution in [2.45, 2.75) is 24.0 Å². The molecule has 5 nitrogen and oxygen atoms in total. The number of ketones is 1. The number of halogens is 1. The van der Waals surface area contributed by atoms with E-state index in [1.165, 1.54) is 37.1 Å². The Morgan fingerprint density at radius 1 is 1.30 bits per heavy atom. The zero-order valence-corrected chi connectivity index (χ0v) is 15.5. The maximum atomic E-state index is 13.5. The molecule has 1 aromatic heterocycles. The first-order valence-corrected chi connectivity index (χ1v) is 9.58. The quantitative estimate of drug-likeness (QED) is 0.367. The maximum absolute atomic E-state index is 13.5. The molecule has 0 amide bonds. The SMILES string of the molecule is COc1ccc(F)cc1C(=O)CSc1nc2ccccc2c(=O)n1C1CC1. The van der Waals surface area contributed by atoms with Crippen molar-refractivity contribution >= 4 is 28.4 Å². The lowest BCUT2D eigenvalue weighted by molar-refractivity contribution is 0.101. The summed E-state index contributed by atoms with van der Waals surface area (Å²) in [6, 6.07) is 11.2. The molecule has 1 saturated carbocycles. The summed E-state index contributed by atoms with van der Waals surface area (Å²) in [6.45, 7) is 0. The molecule has 27 heavy (non-hydrogen) atoms. The number of fused-ring (bicyclic) bond motifs is 1. The van der Waals surface area contributed by atoms with Crippen LogP contribution in [0.4, 0.5) is 4.39 Å². The van der Waals surface area contributed by atoms with Crippen molar-refractivity contribution in [2.75, 3.05) is 12.9 Å². The average molecular weight is 384 g/mol. The number of benzene rings is 2.